The van der Waals surface area contributed by atoms with Crippen LogP contribution in [-0.4, -0.2) is 26.5 Å². The number of hydrogen-bond acceptors (Lipinski definition) is 7. The van der Waals surface area contributed by atoms with Crippen LogP contribution in [0.25, 0.3) is 71.7 Å². The smallest absolute Gasteiger partial charge is 0.135 e. The molecule has 0 spiro atoms. The fraction of sp³-hybridized carbons (Fsp3) is 0.130. The summed E-state index contributed by atoms with van der Waals surface area (Å²) in [5, 5.41) is 4.72. The number of allylic oxidation sites excluding steroid dienone is 20. The first kappa shape index (κ1) is 68.9. The summed E-state index contributed by atoms with van der Waals surface area (Å²) in [5.41, 5.74) is 31.0. The predicted octanol–water partition coefficient (Wildman–Crippen LogP) is 27.8. The van der Waals surface area contributed by atoms with Gasteiger partial charge in [0.1, 0.15) is 22.7 Å². The number of furan rings is 1. The third kappa shape index (κ3) is 12.4. The van der Waals surface area contributed by atoms with Crippen molar-refractivity contribution in [3.8, 4) is 22.6 Å². The highest BCUT2D eigenvalue weighted by Crippen LogP contribution is 2.53. The van der Waals surface area contributed by atoms with Gasteiger partial charge < -0.3 is 38.2 Å². The summed E-state index contributed by atoms with van der Waals surface area (Å²) < 4.78 is 15.4. The third-order valence-corrected chi connectivity index (χ3v) is 25.1. The monoisotopic (exact) mass is 1500 g/mol. The summed E-state index contributed by atoms with van der Waals surface area (Å²) in [6.07, 6.45) is 52.6. The Kier molecular flexibility index (Phi) is 17.4. The lowest BCUT2D eigenvalue weighted by Crippen LogP contribution is -2.35. The van der Waals surface area contributed by atoms with Gasteiger partial charge in [-0.15, -0.1) is 0 Å². The highest BCUT2D eigenvalue weighted by molar-refractivity contribution is 6.11. The summed E-state index contributed by atoms with van der Waals surface area (Å²) >= 11 is 0. The number of nitrogens with zero attached hydrogens (tertiary/aromatic N) is 6. The van der Waals surface area contributed by atoms with Gasteiger partial charge in [0, 0.05) is 125 Å². The van der Waals surface area contributed by atoms with Crippen LogP contribution < -0.4 is 19.4 Å². The molecule has 0 saturated carbocycles. The highest BCUT2D eigenvalue weighted by atomic mass is 16.5. The van der Waals surface area contributed by atoms with Gasteiger partial charge in [0.2, 0.25) is 0 Å². The van der Waals surface area contributed by atoms with Gasteiger partial charge in [-0.1, -0.05) is 218 Å². The van der Waals surface area contributed by atoms with Crippen LogP contribution in [0.1, 0.15) is 98.3 Å². The molecule has 0 saturated heterocycles. The van der Waals surface area contributed by atoms with Crippen LogP contribution in [0.4, 0.5) is 34.1 Å². The van der Waals surface area contributed by atoms with E-state index in [0.29, 0.717) is 0 Å². The molecule has 22 rings (SSSR count). The first-order valence-corrected chi connectivity index (χ1v) is 41.4. The average Bonchev–Trinajstić information content (AvgIpc) is 1.57. The van der Waals surface area contributed by atoms with E-state index in [9.17, 15) is 0 Å². The number of aromatic nitrogens is 1. The molecule has 0 N–H and O–H groups in total. The molecule has 8 nitrogen and oxygen atoms in total. The Balaban J connectivity index is 0.557. The van der Waals surface area contributed by atoms with E-state index in [1.54, 1.807) is 0 Å². The molecule has 4 heterocycles. The Morgan fingerprint density at radius 1 is 0.379 bits per heavy atom. The molecule has 560 valence electrons. The van der Waals surface area contributed by atoms with Crippen LogP contribution in [0.5, 0.6) is 5.75 Å². The first-order valence-electron chi connectivity index (χ1n) is 41.4. The molecule has 0 radical (unpaired) electrons. The number of fused-ring (bicyclic) bond motifs is 12. The van der Waals surface area contributed by atoms with Crippen LogP contribution in [0.3, 0.4) is 0 Å². The molecule has 11 aromatic carbocycles. The van der Waals surface area contributed by atoms with Crippen LogP contribution in [0.2, 0.25) is 0 Å². The number of benzene rings is 11. The molecular formula is C108H86N6O2. The maximum Gasteiger partial charge on any atom is 0.135 e. The minimum Gasteiger partial charge on any atom is -0.461 e. The largest absolute Gasteiger partial charge is 0.461 e. The van der Waals surface area contributed by atoms with E-state index in [1.165, 1.54) is 106 Å². The zero-order valence-corrected chi connectivity index (χ0v) is 64.7. The van der Waals surface area contributed by atoms with Gasteiger partial charge in [-0.3, -0.25) is 0 Å². The Bertz CT molecular complexity index is 6600. The second kappa shape index (κ2) is 29.3. The van der Waals surface area contributed by atoms with E-state index in [1.807, 2.05) is 6.07 Å². The van der Waals surface area contributed by atoms with Crippen molar-refractivity contribution in [2.75, 3.05) is 14.7 Å². The Morgan fingerprint density at radius 2 is 1.06 bits per heavy atom. The lowest BCUT2D eigenvalue weighted by Gasteiger charge is -2.39. The molecule has 0 fully saturated rings. The lowest BCUT2D eigenvalue weighted by molar-refractivity contribution is 0.352. The van der Waals surface area contributed by atoms with Gasteiger partial charge in [0.15, 0.2) is 0 Å². The summed E-state index contributed by atoms with van der Waals surface area (Å²) in [7, 11) is 0. The summed E-state index contributed by atoms with van der Waals surface area (Å²) in [6.45, 7) is 0. The molecule has 4 atom stereocenters. The zero-order valence-electron chi connectivity index (χ0n) is 64.7. The molecule has 0 bridgehead atoms. The van der Waals surface area contributed by atoms with Crippen LogP contribution in [-0.2, 0) is 0 Å². The Hall–Kier alpha value is -13.8. The molecule has 0 amide bonds. The molecule has 8 heteroatoms. The van der Waals surface area contributed by atoms with Gasteiger partial charge in [-0.05, 0) is 255 Å². The minimum absolute atomic E-state index is 0.0672. The molecule has 4 unspecified atom stereocenters. The van der Waals surface area contributed by atoms with Gasteiger partial charge >= 0.3 is 0 Å². The maximum absolute atomic E-state index is 6.60. The van der Waals surface area contributed by atoms with Crippen molar-refractivity contribution < 1.29 is 9.15 Å². The van der Waals surface area contributed by atoms with E-state index in [0.717, 1.165) is 137 Å². The summed E-state index contributed by atoms with van der Waals surface area (Å²) in [4.78, 5) is 12.7. The van der Waals surface area contributed by atoms with Gasteiger partial charge in [0.25, 0.3) is 0 Å². The van der Waals surface area contributed by atoms with Crippen molar-refractivity contribution in [1.29, 1.82) is 0 Å². The number of para-hydroxylation sites is 5. The van der Waals surface area contributed by atoms with E-state index in [2.05, 4.69) is 399 Å². The maximum atomic E-state index is 6.60. The van der Waals surface area contributed by atoms with E-state index >= 15 is 0 Å². The van der Waals surface area contributed by atoms with Gasteiger partial charge in [-0.25, -0.2) is 0 Å². The fourth-order valence-corrected chi connectivity index (χ4v) is 19.5. The second-order valence-electron chi connectivity index (χ2n) is 31.8. The zero-order chi connectivity index (χ0) is 76.6. The Morgan fingerprint density at radius 3 is 1.86 bits per heavy atom. The molecule has 13 aromatic rings. The van der Waals surface area contributed by atoms with E-state index < -0.39 is 0 Å². The lowest BCUT2D eigenvalue weighted by atomic mass is 9.88. The normalized spacial score (nSPS) is 19.1. The van der Waals surface area contributed by atoms with Crippen LogP contribution in [0, 0.1) is 0 Å². The fourth-order valence-electron chi connectivity index (χ4n) is 19.5. The molecule has 2 aliphatic heterocycles. The van der Waals surface area contributed by atoms with E-state index in [-0.39, 0.29) is 23.9 Å². The van der Waals surface area contributed by atoms with Crippen molar-refractivity contribution in [3.63, 3.8) is 0 Å². The average molecular weight is 1500 g/mol. The van der Waals surface area contributed by atoms with Crippen LogP contribution >= 0.6 is 0 Å². The third-order valence-electron chi connectivity index (χ3n) is 25.1. The minimum atomic E-state index is 0.0672. The number of anilines is 6. The standard InChI is InChI=1S/C108H86N6O2/c1-6-23-73(24-7-1)74-41-47-84(48-42-74)112(92-61-65-99-97-36-17-20-39-105(97)116-108(99)72-92)88-57-55-87(56-58-88)111(81-30-12-4-13-31-81)91-59-63-95-93-35-16-19-38-101(93)114(104(95)71-91)89-34-22-25-76(67-89)75-43-49-83(50-44-75)109(79-26-8-2-9-27-79)85-51-53-86(54-52-85)110(80-28-10-3-11-29-80)90-60-64-96-94-62-45-78(69-102(94)113(103(96)70-90)82-32-14-5-15-33-82)77-46-66-107-100(68-77)98-37-18-21-40-106(98)115-107/h1,3-8,10,12-28,30-41,43,45-47,49,51,53-64,66-72,85,96,99,103H,2,9,11,29,42,44,48,50,52,65H2. The van der Waals surface area contributed by atoms with Crippen molar-refractivity contribution in [3.05, 3.63) is 444 Å². The molecule has 116 heavy (non-hydrogen) atoms. The number of rotatable bonds is 17. The molecular weight excluding hydrogens is 1410 g/mol. The van der Waals surface area contributed by atoms with Crippen molar-refractivity contribution in [2.45, 2.75) is 88.1 Å². The quantitative estimate of drug-likeness (QED) is 0.0900. The summed E-state index contributed by atoms with van der Waals surface area (Å²) in [6, 6.07) is 97.9. The molecule has 2 aromatic heterocycles. The molecule has 9 aliphatic rings. The predicted molar refractivity (Wildman–Crippen MR) is 479 cm³/mol. The van der Waals surface area contributed by atoms with Gasteiger partial charge in [-0.2, -0.15) is 0 Å². The van der Waals surface area contributed by atoms with Crippen molar-refractivity contribution >= 4 is 89.0 Å². The first-order chi connectivity index (χ1) is 57.5. The van der Waals surface area contributed by atoms with Gasteiger partial charge in [0.05, 0.1) is 23.1 Å². The number of hydrogen-bond donors (Lipinski definition) is 0. The molecule has 7 aliphatic carbocycles. The highest BCUT2D eigenvalue weighted by Gasteiger charge is 2.41. The van der Waals surface area contributed by atoms with Crippen molar-refractivity contribution in [2.24, 2.45) is 0 Å². The second-order valence-corrected chi connectivity index (χ2v) is 31.8. The number of ether oxygens (including phenoxy) is 1. The van der Waals surface area contributed by atoms with Crippen molar-refractivity contribution in [1.82, 2.24) is 14.4 Å². The Labute approximate surface area is 677 Å². The van der Waals surface area contributed by atoms with Crippen LogP contribution in [0.15, 0.2) is 426 Å². The topological polar surface area (TPSA) is 43.5 Å². The SMILES string of the molecule is C1=CCCC(N(C2=CCC(N(C3=CCCC=C3)C3=CC=C(c4cccc(-n5c6ccccc6c6ccc(N(c7ccccc7)c7ccc(N(C8=CCC9C(=C8)Oc8ccccc89)C8=CC=C(c9ccccc9)CC8)cc7)cc65)c4)CC3)C=C2)C2=CC3C(C=C2)c2ccc(-c4ccc5oc6ccccc6c5c4)cc2N3c2ccccc2)=C1. The summed E-state index contributed by atoms with van der Waals surface area (Å²) in [5.74, 6) is 2.38. The van der Waals surface area contributed by atoms with E-state index in [4.69, 9.17) is 9.15 Å².